The number of carbonyl (C=O) groups excluding carboxylic acids is 2. The third-order valence-electron chi connectivity index (χ3n) is 6.86. The van der Waals surface area contributed by atoms with Crippen molar-refractivity contribution in [2.24, 2.45) is 0 Å². The summed E-state index contributed by atoms with van der Waals surface area (Å²) in [4.78, 5) is 28.2. The molecule has 3 aromatic carbocycles. The van der Waals surface area contributed by atoms with Crippen molar-refractivity contribution < 1.29 is 28.5 Å². The minimum atomic E-state index is -0.146. The molecule has 1 fully saturated rings. The van der Waals surface area contributed by atoms with Crippen LogP contribution in [0, 0.1) is 0 Å². The Morgan fingerprint density at radius 2 is 1.66 bits per heavy atom. The second-order valence-electron chi connectivity index (χ2n) is 9.19. The zero-order valence-corrected chi connectivity index (χ0v) is 21.5. The number of fused-ring (bicyclic) bond motifs is 1. The Hall–Kier alpha value is -4.40. The van der Waals surface area contributed by atoms with Crippen LogP contribution >= 0.6 is 0 Å². The van der Waals surface area contributed by atoms with Crippen LogP contribution in [0.15, 0.2) is 60.7 Å². The normalized spacial score (nSPS) is 14.6. The molecule has 3 aromatic rings. The van der Waals surface area contributed by atoms with E-state index >= 15 is 0 Å². The number of amides is 2. The van der Waals surface area contributed by atoms with Crippen LogP contribution in [-0.4, -0.2) is 52.0 Å². The van der Waals surface area contributed by atoms with Gasteiger partial charge in [-0.1, -0.05) is 18.2 Å². The molecule has 0 atom stereocenters. The Morgan fingerprint density at radius 3 is 2.45 bits per heavy atom. The predicted molar refractivity (Wildman–Crippen MR) is 142 cm³/mol. The fourth-order valence-electron chi connectivity index (χ4n) is 4.78. The van der Waals surface area contributed by atoms with Gasteiger partial charge in [-0.15, -0.1) is 0 Å². The van der Waals surface area contributed by atoms with Gasteiger partial charge in [-0.3, -0.25) is 9.59 Å². The molecular formula is C29H31N3O6. The highest BCUT2D eigenvalue weighted by Gasteiger charge is 2.24. The van der Waals surface area contributed by atoms with E-state index in [4.69, 9.17) is 18.9 Å². The quantitative estimate of drug-likeness (QED) is 0.470. The van der Waals surface area contributed by atoms with E-state index in [0.29, 0.717) is 40.7 Å². The molecule has 2 N–H and O–H groups in total. The zero-order chi connectivity index (χ0) is 26.5. The molecule has 0 spiro atoms. The Morgan fingerprint density at radius 1 is 0.895 bits per heavy atom. The summed E-state index contributed by atoms with van der Waals surface area (Å²) in [5.41, 5.74) is 2.97. The van der Waals surface area contributed by atoms with Gasteiger partial charge in [-0.25, -0.2) is 0 Å². The van der Waals surface area contributed by atoms with Crippen LogP contribution in [0.5, 0.6) is 23.0 Å². The number of methoxy groups -OCH3 is 2. The van der Waals surface area contributed by atoms with E-state index in [1.807, 2.05) is 42.5 Å². The number of hydrogen-bond donors (Lipinski definition) is 2. The van der Waals surface area contributed by atoms with Gasteiger partial charge in [0.2, 0.25) is 6.79 Å². The third-order valence-corrected chi connectivity index (χ3v) is 6.86. The maximum absolute atomic E-state index is 13.1. The first kappa shape index (κ1) is 25.3. The standard InChI is InChI=1S/C29H31N3O6/c1-35-24-10-8-20(16-26(24)36-2)28(33)31-21-11-13-32(14-12-21)23-6-4-3-5-22(23)29(34)30-17-19-7-9-25-27(15-19)38-18-37-25/h3-10,15-16,21H,11-14,17-18H2,1-2H3,(H,30,34)(H,31,33). The minimum Gasteiger partial charge on any atom is -0.493 e. The molecule has 0 aromatic heterocycles. The second-order valence-corrected chi connectivity index (χ2v) is 9.19. The van der Waals surface area contributed by atoms with Crippen LogP contribution in [0.1, 0.15) is 39.1 Å². The van der Waals surface area contributed by atoms with E-state index in [9.17, 15) is 9.59 Å². The summed E-state index contributed by atoms with van der Waals surface area (Å²) < 4.78 is 21.4. The third kappa shape index (κ3) is 5.46. The number of hydrogen-bond acceptors (Lipinski definition) is 7. The van der Waals surface area contributed by atoms with Crippen molar-refractivity contribution in [3.05, 3.63) is 77.4 Å². The van der Waals surface area contributed by atoms with Crippen LogP contribution in [0.25, 0.3) is 0 Å². The van der Waals surface area contributed by atoms with E-state index in [1.54, 1.807) is 32.4 Å². The van der Waals surface area contributed by atoms with Gasteiger partial charge in [0.05, 0.1) is 19.8 Å². The van der Waals surface area contributed by atoms with Crippen LogP contribution in [0.4, 0.5) is 5.69 Å². The van der Waals surface area contributed by atoms with Crippen molar-refractivity contribution in [2.45, 2.75) is 25.4 Å². The fraction of sp³-hybridized carbons (Fsp3) is 0.310. The zero-order valence-electron chi connectivity index (χ0n) is 21.5. The van der Waals surface area contributed by atoms with Crippen LogP contribution in [0.2, 0.25) is 0 Å². The van der Waals surface area contributed by atoms with Gasteiger partial charge in [0.15, 0.2) is 23.0 Å². The summed E-state index contributed by atoms with van der Waals surface area (Å²) in [5, 5.41) is 6.15. The van der Waals surface area contributed by atoms with Crippen molar-refractivity contribution in [1.82, 2.24) is 10.6 Å². The van der Waals surface area contributed by atoms with Crippen molar-refractivity contribution in [2.75, 3.05) is 39.0 Å². The first-order valence-electron chi connectivity index (χ1n) is 12.6. The molecule has 38 heavy (non-hydrogen) atoms. The van der Waals surface area contributed by atoms with Crippen LogP contribution < -0.4 is 34.5 Å². The van der Waals surface area contributed by atoms with Gasteiger partial charge in [0, 0.05) is 36.9 Å². The lowest BCUT2D eigenvalue weighted by molar-refractivity contribution is 0.0929. The van der Waals surface area contributed by atoms with Gasteiger partial charge in [0.25, 0.3) is 11.8 Å². The molecule has 0 radical (unpaired) electrons. The average molecular weight is 518 g/mol. The molecule has 2 amide bonds. The Bertz CT molecular complexity index is 1320. The Labute approximate surface area is 221 Å². The van der Waals surface area contributed by atoms with E-state index in [0.717, 1.165) is 37.2 Å². The van der Waals surface area contributed by atoms with Crippen molar-refractivity contribution in [3.63, 3.8) is 0 Å². The number of nitrogens with one attached hydrogen (secondary N) is 2. The maximum atomic E-state index is 13.1. The average Bonchev–Trinajstić information content (AvgIpc) is 3.44. The Balaban J connectivity index is 1.17. The molecule has 2 aliphatic rings. The van der Waals surface area contributed by atoms with Gasteiger partial charge in [-0.05, 0) is 60.9 Å². The van der Waals surface area contributed by atoms with Gasteiger partial charge >= 0.3 is 0 Å². The molecule has 0 aliphatic carbocycles. The molecule has 9 heteroatoms. The number of rotatable bonds is 8. The Kier molecular flexibility index (Phi) is 7.53. The monoisotopic (exact) mass is 517 g/mol. The highest BCUT2D eigenvalue weighted by atomic mass is 16.7. The topological polar surface area (TPSA) is 98.4 Å². The smallest absolute Gasteiger partial charge is 0.253 e. The summed E-state index contributed by atoms with van der Waals surface area (Å²) >= 11 is 0. The fourth-order valence-corrected chi connectivity index (χ4v) is 4.78. The number of carbonyl (C=O) groups is 2. The number of nitrogens with zero attached hydrogens (tertiary/aromatic N) is 1. The van der Waals surface area contributed by atoms with E-state index in [-0.39, 0.29) is 24.6 Å². The molecule has 1 saturated heterocycles. The summed E-state index contributed by atoms with van der Waals surface area (Å²) in [6.45, 7) is 2.05. The number of piperidine rings is 1. The van der Waals surface area contributed by atoms with Gasteiger partial charge < -0.3 is 34.5 Å². The molecule has 5 rings (SSSR count). The summed E-state index contributed by atoms with van der Waals surface area (Å²) in [6, 6.07) is 18.5. The number of anilines is 1. The van der Waals surface area contributed by atoms with Crippen LogP contribution in [-0.2, 0) is 6.54 Å². The number of ether oxygens (including phenoxy) is 4. The highest BCUT2D eigenvalue weighted by molar-refractivity contribution is 6.00. The molecule has 2 aliphatic heterocycles. The summed E-state index contributed by atoms with van der Waals surface area (Å²) in [6.07, 6.45) is 1.54. The van der Waals surface area contributed by atoms with E-state index < -0.39 is 0 Å². The summed E-state index contributed by atoms with van der Waals surface area (Å²) in [7, 11) is 3.11. The van der Waals surface area contributed by atoms with Crippen molar-refractivity contribution in [1.29, 1.82) is 0 Å². The first-order chi connectivity index (χ1) is 18.6. The summed E-state index contributed by atoms with van der Waals surface area (Å²) in [5.74, 6) is 2.22. The number of benzene rings is 3. The maximum Gasteiger partial charge on any atom is 0.253 e. The molecule has 0 saturated carbocycles. The van der Waals surface area contributed by atoms with E-state index in [2.05, 4.69) is 15.5 Å². The van der Waals surface area contributed by atoms with Gasteiger partial charge in [0.1, 0.15) is 0 Å². The minimum absolute atomic E-state index is 0.0406. The van der Waals surface area contributed by atoms with Crippen LogP contribution in [0.3, 0.4) is 0 Å². The molecule has 0 bridgehead atoms. The lowest BCUT2D eigenvalue weighted by atomic mass is 10.0. The molecule has 2 heterocycles. The molecule has 9 nitrogen and oxygen atoms in total. The lowest BCUT2D eigenvalue weighted by Crippen LogP contribution is -2.45. The molecule has 0 unspecified atom stereocenters. The first-order valence-corrected chi connectivity index (χ1v) is 12.6. The van der Waals surface area contributed by atoms with Gasteiger partial charge in [-0.2, -0.15) is 0 Å². The molecular weight excluding hydrogens is 486 g/mol. The predicted octanol–water partition coefficient (Wildman–Crippen LogP) is 3.76. The molecule has 198 valence electrons. The number of para-hydroxylation sites is 1. The highest BCUT2D eigenvalue weighted by Crippen LogP contribution is 2.32. The lowest BCUT2D eigenvalue weighted by Gasteiger charge is -2.35. The largest absolute Gasteiger partial charge is 0.493 e. The SMILES string of the molecule is COc1ccc(C(=O)NC2CCN(c3ccccc3C(=O)NCc3ccc4c(c3)OCO4)CC2)cc1OC. The second kappa shape index (κ2) is 11.3. The van der Waals surface area contributed by atoms with Crippen molar-refractivity contribution in [3.8, 4) is 23.0 Å². The van der Waals surface area contributed by atoms with E-state index in [1.165, 1.54) is 0 Å². The van der Waals surface area contributed by atoms with Crippen molar-refractivity contribution >= 4 is 17.5 Å².